The van der Waals surface area contributed by atoms with E-state index in [4.69, 9.17) is 21.4 Å². The van der Waals surface area contributed by atoms with E-state index in [2.05, 4.69) is 5.32 Å². The molecule has 0 fully saturated rings. The molecule has 0 aliphatic rings. The number of hydrogen-bond acceptors (Lipinski definition) is 5. The lowest BCUT2D eigenvalue weighted by molar-refractivity contribution is -0.140. The van der Waals surface area contributed by atoms with Gasteiger partial charge in [0.25, 0.3) is 5.91 Å². The zero-order chi connectivity index (χ0) is 20.2. The average Bonchev–Trinajstić information content (AvgIpc) is 2.62. The number of sulfone groups is 1. The Balaban J connectivity index is 2.39. The normalized spacial score (nSPS) is 12.3. The molecule has 2 aromatic carbocycles. The Labute approximate surface area is 161 Å². The van der Waals surface area contributed by atoms with Gasteiger partial charge in [-0.3, -0.25) is 9.59 Å². The number of carboxylic acid groups (broad SMARTS) is 1. The van der Waals surface area contributed by atoms with Crippen LogP contribution in [-0.4, -0.2) is 38.3 Å². The number of carboxylic acids is 1. The Hall–Kier alpha value is -2.58. The lowest BCUT2D eigenvalue weighted by Gasteiger charge is -2.13. The molecule has 0 bridgehead atoms. The number of methoxy groups -OCH3 is 1. The van der Waals surface area contributed by atoms with Gasteiger partial charge in [-0.2, -0.15) is 0 Å². The van der Waals surface area contributed by atoms with Crippen molar-refractivity contribution in [3.63, 3.8) is 0 Å². The molecule has 144 valence electrons. The van der Waals surface area contributed by atoms with Crippen LogP contribution in [0.3, 0.4) is 0 Å². The van der Waals surface area contributed by atoms with Gasteiger partial charge in [0.1, 0.15) is 5.75 Å². The van der Waals surface area contributed by atoms with Gasteiger partial charge in [-0.15, -0.1) is 0 Å². The highest BCUT2D eigenvalue weighted by atomic mass is 35.5. The van der Waals surface area contributed by atoms with Crippen LogP contribution in [0.1, 0.15) is 17.3 Å². The van der Waals surface area contributed by atoms with Gasteiger partial charge >= 0.3 is 5.97 Å². The molecular formula is C18H18ClNO6S. The number of halogens is 1. The number of anilines is 1. The lowest BCUT2D eigenvalue weighted by atomic mass is 10.2. The summed E-state index contributed by atoms with van der Waals surface area (Å²) in [4.78, 5) is 23.4. The van der Waals surface area contributed by atoms with Crippen LogP contribution in [-0.2, 0) is 14.6 Å². The molecule has 0 radical (unpaired) electrons. The van der Waals surface area contributed by atoms with Crippen LogP contribution in [0.2, 0.25) is 5.02 Å². The zero-order valence-corrected chi connectivity index (χ0v) is 16.2. The van der Waals surface area contributed by atoms with Crippen molar-refractivity contribution in [2.75, 3.05) is 18.2 Å². The van der Waals surface area contributed by atoms with Crippen molar-refractivity contribution < 1.29 is 27.9 Å². The van der Waals surface area contributed by atoms with Crippen LogP contribution in [0.5, 0.6) is 5.75 Å². The highest BCUT2D eigenvalue weighted by Gasteiger charge is 2.25. The molecular weight excluding hydrogens is 394 g/mol. The monoisotopic (exact) mass is 411 g/mol. The van der Waals surface area contributed by atoms with E-state index in [9.17, 15) is 18.0 Å². The molecule has 9 heteroatoms. The van der Waals surface area contributed by atoms with Crippen molar-refractivity contribution in [1.82, 2.24) is 0 Å². The first-order chi connectivity index (χ1) is 12.7. The summed E-state index contributed by atoms with van der Waals surface area (Å²) in [6.45, 7) is 1.30. The molecule has 7 nitrogen and oxygen atoms in total. The van der Waals surface area contributed by atoms with E-state index >= 15 is 0 Å². The Morgan fingerprint density at radius 1 is 1.22 bits per heavy atom. The first kappa shape index (κ1) is 20.7. The fourth-order valence-electron chi connectivity index (χ4n) is 2.31. The summed E-state index contributed by atoms with van der Waals surface area (Å²) in [6, 6.07) is 10.4. The summed E-state index contributed by atoms with van der Waals surface area (Å²) in [7, 11) is -2.56. The molecule has 1 amide bonds. The molecule has 27 heavy (non-hydrogen) atoms. The van der Waals surface area contributed by atoms with E-state index in [0.29, 0.717) is 10.7 Å². The molecule has 0 spiro atoms. The summed E-state index contributed by atoms with van der Waals surface area (Å²) in [6.07, 6.45) is 0. The molecule has 1 atom stereocenters. The largest absolute Gasteiger partial charge is 0.496 e. The van der Waals surface area contributed by atoms with Crippen LogP contribution < -0.4 is 10.1 Å². The van der Waals surface area contributed by atoms with Crippen LogP contribution in [0.4, 0.5) is 5.69 Å². The van der Waals surface area contributed by atoms with Crippen LogP contribution >= 0.6 is 11.6 Å². The number of amides is 1. The molecule has 0 heterocycles. The average molecular weight is 412 g/mol. The Kier molecular flexibility index (Phi) is 6.45. The minimum absolute atomic E-state index is 0.0125. The van der Waals surface area contributed by atoms with Crippen molar-refractivity contribution in [1.29, 1.82) is 0 Å². The van der Waals surface area contributed by atoms with Gasteiger partial charge in [0.15, 0.2) is 9.84 Å². The summed E-state index contributed by atoms with van der Waals surface area (Å²) < 4.78 is 30.1. The van der Waals surface area contributed by atoms with Crippen LogP contribution in [0.15, 0.2) is 47.4 Å². The molecule has 0 aliphatic heterocycles. The lowest BCUT2D eigenvalue weighted by Crippen LogP contribution is -2.21. The molecule has 0 aromatic heterocycles. The minimum atomic E-state index is -3.91. The number of benzene rings is 2. The number of rotatable bonds is 7. The first-order valence-corrected chi connectivity index (χ1v) is 9.88. The van der Waals surface area contributed by atoms with Crippen molar-refractivity contribution in [3.8, 4) is 5.75 Å². The number of carbonyl (C=O) groups excluding carboxylic acids is 1. The Morgan fingerprint density at radius 2 is 1.89 bits per heavy atom. The smallest absolute Gasteiger partial charge is 0.307 e. The predicted molar refractivity (Wildman–Crippen MR) is 101 cm³/mol. The Bertz CT molecular complexity index is 974. The third kappa shape index (κ3) is 4.99. The molecule has 0 unspecified atom stereocenters. The van der Waals surface area contributed by atoms with Gasteiger partial charge in [-0.05, 0) is 30.3 Å². The second-order valence-corrected chi connectivity index (χ2v) is 8.26. The number of carbonyl (C=O) groups is 2. The minimum Gasteiger partial charge on any atom is -0.496 e. The zero-order valence-electron chi connectivity index (χ0n) is 14.6. The highest BCUT2D eigenvalue weighted by Crippen LogP contribution is 2.27. The second kappa shape index (κ2) is 8.41. The summed E-state index contributed by atoms with van der Waals surface area (Å²) in [5.41, 5.74) is 0.348. The van der Waals surface area contributed by atoms with E-state index in [-0.39, 0.29) is 16.2 Å². The van der Waals surface area contributed by atoms with Gasteiger partial charge in [-0.1, -0.05) is 30.7 Å². The summed E-state index contributed by atoms with van der Waals surface area (Å²) >= 11 is 6.02. The van der Waals surface area contributed by atoms with Crippen LogP contribution in [0, 0.1) is 5.92 Å². The van der Waals surface area contributed by atoms with Crippen LogP contribution in [0.25, 0.3) is 0 Å². The maximum absolute atomic E-state index is 12.6. The standard InChI is InChI=1S/C18H18ClNO6S/c1-11(18(22)23)10-27(24,25)12-7-8-16(26-2)13(9-12)17(21)20-15-6-4-3-5-14(15)19/h3-9,11H,10H2,1-2H3,(H,20,21)(H,22,23)/t11-/m1/s1. The van der Waals surface area contributed by atoms with Gasteiger partial charge in [0, 0.05) is 0 Å². The number of aliphatic carboxylic acids is 1. The van der Waals surface area contributed by atoms with Gasteiger partial charge in [0.2, 0.25) is 0 Å². The highest BCUT2D eigenvalue weighted by molar-refractivity contribution is 7.91. The number of nitrogens with one attached hydrogen (secondary N) is 1. The quantitative estimate of drug-likeness (QED) is 0.724. The summed E-state index contributed by atoms with van der Waals surface area (Å²) in [5.74, 6) is -3.32. The van der Waals surface area contributed by atoms with Crippen molar-refractivity contribution in [2.45, 2.75) is 11.8 Å². The third-order valence-electron chi connectivity index (χ3n) is 3.79. The van der Waals surface area contributed by atoms with E-state index in [1.165, 1.54) is 26.2 Å². The fourth-order valence-corrected chi connectivity index (χ4v) is 4.06. The maximum atomic E-state index is 12.6. The molecule has 0 aliphatic carbocycles. The molecule has 2 rings (SSSR count). The van der Waals surface area contributed by atoms with E-state index in [1.807, 2.05) is 0 Å². The molecule has 2 aromatic rings. The SMILES string of the molecule is COc1ccc(S(=O)(=O)C[C@@H](C)C(=O)O)cc1C(=O)Nc1ccccc1Cl. The van der Waals surface area contributed by atoms with Gasteiger partial charge in [-0.25, -0.2) is 8.42 Å². The first-order valence-electron chi connectivity index (χ1n) is 7.85. The van der Waals surface area contributed by atoms with E-state index < -0.39 is 33.4 Å². The fraction of sp³-hybridized carbons (Fsp3) is 0.222. The van der Waals surface area contributed by atoms with Gasteiger partial charge in [0.05, 0.1) is 39.9 Å². The Morgan fingerprint density at radius 3 is 2.48 bits per heavy atom. The summed E-state index contributed by atoms with van der Waals surface area (Å²) in [5, 5.41) is 11.9. The van der Waals surface area contributed by atoms with E-state index in [0.717, 1.165) is 6.07 Å². The molecule has 0 saturated carbocycles. The van der Waals surface area contributed by atoms with Gasteiger partial charge < -0.3 is 15.2 Å². The maximum Gasteiger partial charge on any atom is 0.307 e. The molecule has 2 N–H and O–H groups in total. The van der Waals surface area contributed by atoms with Crippen molar-refractivity contribution in [2.24, 2.45) is 5.92 Å². The van der Waals surface area contributed by atoms with E-state index in [1.54, 1.807) is 24.3 Å². The number of hydrogen-bond donors (Lipinski definition) is 2. The number of ether oxygens (including phenoxy) is 1. The topological polar surface area (TPSA) is 110 Å². The second-order valence-electron chi connectivity index (χ2n) is 5.82. The third-order valence-corrected chi connectivity index (χ3v) is 6.03. The predicted octanol–water partition coefficient (Wildman–Crippen LogP) is 3.10. The van der Waals surface area contributed by atoms with Crippen molar-refractivity contribution in [3.05, 3.63) is 53.1 Å². The number of para-hydroxylation sites is 1. The van der Waals surface area contributed by atoms with Crippen molar-refractivity contribution >= 4 is 39.0 Å². The molecule has 0 saturated heterocycles.